The highest BCUT2D eigenvalue weighted by atomic mass is 35.5. The van der Waals surface area contributed by atoms with Crippen LogP contribution in [0.15, 0.2) is 41.4 Å². The van der Waals surface area contributed by atoms with Gasteiger partial charge in [0.25, 0.3) is 0 Å². The number of methoxy groups -OCH3 is 2. The molecule has 0 aliphatic carbocycles. The molecule has 0 amide bonds. The van der Waals surface area contributed by atoms with E-state index < -0.39 is 0 Å². The zero-order valence-electron chi connectivity index (χ0n) is 16.0. The van der Waals surface area contributed by atoms with Crippen molar-refractivity contribution in [2.75, 3.05) is 36.4 Å². The number of nitrogens with one attached hydrogen (secondary N) is 2. The van der Waals surface area contributed by atoms with Crippen LogP contribution < -0.4 is 20.1 Å². The molecule has 5 nitrogen and oxygen atoms in total. The molecule has 2 aromatic carbocycles. The molecule has 0 saturated carbocycles. The summed E-state index contributed by atoms with van der Waals surface area (Å²) in [5.74, 6) is 4.69. The Balaban J connectivity index is 1.75. The normalized spacial score (nSPS) is 18.9. The molecule has 2 aliphatic heterocycles. The average molecular weight is 418 g/mol. The number of aliphatic imine (C=N–C) groups is 1. The van der Waals surface area contributed by atoms with Crippen molar-refractivity contribution >= 4 is 40.6 Å². The molecule has 2 aliphatic rings. The van der Waals surface area contributed by atoms with E-state index in [1.807, 2.05) is 48.2 Å². The SMILES string of the molecule is COc1ccc(OC)c2c1NC(=NCc1cccc(Cl)c1)C1(CCSCC1)N2. The number of nitrogens with zero attached hydrogens (tertiary/aromatic N) is 1. The number of rotatable bonds is 4. The van der Waals surface area contributed by atoms with Gasteiger partial charge in [-0.2, -0.15) is 11.8 Å². The van der Waals surface area contributed by atoms with Gasteiger partial charge in [0, 0.05) is 5.02 Å². The Kier molecular flexibility index (Phi) is 5.60. The molecule has 0 aromatic heterocycles. The first-order valence-electron chi connectivity index (χ1n) is 9.32. The lowest BCUT2D eigenvalue weighted by Crippen LogP contribution is -2.54. The van der Waals surface area contributed by atoms with E-state index in [1.165, 1.54) is 0 Å². The predicted molar refractivity (Wildman–Crippen MR) is 119 cm³/mol. The van der Waals surface area contributed by atoms with Crippen LogP contribution in [0, 0.1) is 0 Å². The lowest BCUT2D eigenvalue weighted by Gasteiger charge is -2.44. The van der Waals surface area contributed by atoms with Gasteiger partial charge in [-0.05, 0) is 54.2 Å². The number of hydrogen-bond acceptors (Lipinski definition) is 5. The number of anilines is 2. The molecule has 1 fully saturated rings. The second kappa shape index (κ2) is 8.13. The molecule has 1 saturated heterocycles. The molecule has 7 heteroatoms. The van der Waals surface area contributed by atoms with Gasteiger partial charge in [0.15, 0.2) is 0 Å². The summed E-state index contributed by atoms with van der Waals surface area (Å²) in [5, 5.41) is 8.07. The van der Waals surface area contributed by atoms with Crippen LogP contribution in [0.25, 0.3) is 0 Å². The average Bonchev–Trinajstić information content (AvgIpc) is 2.72. The maximum atomic E-state index is 6.14. The van der Waals surface area contributed by atoms with Crippen LogP contribution in [-0.2, 0) is 6.54 Å². The lowest BCUT2D eigenvalue weighted by atomic mass is 9.87. The van der Waals surface area contributed by atoms with Crippen LogP contribution in [0.2, 0.25) is 5.02 Å². The van der Waals surface area contributed by atoms with Crippen LogP contribution in [0.4, 0.5) is 11.4 Å². The van der Waals surface area contributed by atoms with Crippen molar-refractivity contribution in [2.45, 2.75) is 24.9 Å². The van der Waals surface area contributed by atoms with Crippen LogP contribution >= 0.6 is 23.4 Å². The molecule has 0 atom stereocenters. The summed E-state index contributed by atoms with van der Waals surface area (Å²) in [7, 11) is 3.37. The smallest absolute Gasteiger partial charge is 0.144 e. The number of halogens is 1. The highest BCUT2D eigenvalue weighted by Gasteiger charge is 2.43. The summed E-state index contributed by atoms with van der Waals surface area (Å²) < 4.78 is 11.2. The minimum atomic E-state index is -0.226. The second-order valence-electron chi connectivity index (χ2n) is 6.96. The highest BCUT2D eigenvalue weighted by molar-refractivity contribution is 7.99. The van der Waals surface area contributed by atoms with Crippen molar-refractivity contribution in [1.29, 1.82) is 0 Å². The van der Waals surface area contributed by atoms with E-state index in [1.54, 1.807) is 14.2 Å². The number of thioether (sulfide) groups is 1. The maximum absolute atomic E-state index is 6.14. The largest absolute Gasteiger partial charge is 0.495 e. The third-order valence-corrected chi connectivity index (χ3v) is 6.51. The number of fused-ring (bicyclic) bond motifs is 1. The van der Waals surface area contributed by atoms with Gasteiger partial charge < -0.3 is 20.1 Å². The molecule has 0 radical (unpaired) electrons. The van der Waals surface area contributed by atoms with Crippen LogP contribution in [-0.4, -0.2) is 37.1 Å². The third kappa shape index (κ3) is 3.63. The summed E-state index contributed by atoms with van der Waals surface area (Å²) in [6.45, 7) is 0.571. The van der Waals surface area contributed by atoms with E-state index in [2.05, 4.69) is 10.6 Å². The zero-order valence-corrected chi connectivity index (χ0v) is 17.6. The summed E-state index contributed by atoms with van der Waals surface area (Å²) in [6.07, 6.45) is 2.00. The number of amidine groups is 1. The predicted octanol–water partition coefficient (Wildman–Crippen LogP) is 5.06. The third-order valence-electron chi connectivity index (χ3n) is 5.28. The Labute approximate surface area is 174 Å². The Hall–Kier alpha value is -2.05. The lowest BCUT2D eigenvalue weighted by molar-refractivity contribution is 0.403. The fourth-order valence-electron chi connectivity index (χ4n) is 3.77. The van der Waals surface area contributed by atoms with Crippen LogP contribution in [0.1, 0.15) is 18.4 Å². The van der Waals surface area contributed by atoms with Gasteiger partial charge in [-0.3, -0.25) is 4.99 Å². The molecule has 148 valence electrons. The van der Waals surface area contributed by atoms with E-state index in [4.69, 9.17) is 26.1 Å². The van der Waals surface area contributed by atoms with Gasteiger partial charge in [-0.25, -0.2) is 0 Å². The first kappa shape index (κ1) is 19.3. The van der Waals surface area contributed by atoms with E-state index in [0.29, 0.717) is 6.54 Å². The maximum Gasteiger partial charge on any atom is 0.144 e. The van der Waals surface area contributed by atoms with Crippen molar-refractivity contribution in [3.05, 3.63) is 47.0 Å². The first-order chi connectivity index (χ1) is 13.6. The molecular weight excluding hydrogens is 394 g/mol. The molecule has 1 spiro atoms. The van der Waals surface area contributed by atoms with Gasteiger partial charge in [0.1, 0.15) is 28.7 Å². The van der Waals surface area contributed by atoms with Crippen LogP contribution in [0.3, 0.4) is 0 Å². The van der Waals surface area contributed by atoms with E-state index in [9.17, 15) is 0 Å². The fourth-order valence-corrected chi connectivity index (χ4v) is 5.17. The first-order valence-corrected chi connectivity index (χ1v) is 10.9. The fraction of sp³-hybridized carbons (Fsp3) is 0.381. The van der Waals surface area contributed by atoms with Crippen molar-refractivity contribution in [3.8, 4) is 11.5 Å². The summed E-state index contributed by atoms with van der Waals surface area (Å²) >= 11 is 8.12. The number of ether oxygens (including phenoxy) is 2. The Morgan fingerprint density at radius 3 is 2.46 bits per heavy atom. The molecule has 2 N–H and O–H groups in total. The van der Waals surface area contributed by atoms with Gasteiger partial charge in [0.2, 0.25) is 0 Å². The van der Waals surface area contributed by atoms with Crippen molar-refractivity contribution in [3.63, 3.8) is 0 Å². The number of benzene rings is 2. The van der Waals surface area contributed by atoms with Gasteiger partial charge >= 0.3 is 0 Å². The summed E-state index contributed by atoms with van der Waals surface area (Å²) in [6, 6.07) is 11.7. The standard InChI is InChI=1S/C21H24ClN3O2S/c1-26-16-6-7-17(27-2)19-18(16)24-20(21(25-19)8-10-28-11-9-21)23-13-14-4-3-5-15(22)12-14/h3-7,12,25H,8-11,13H2,1-2H3,(H,23,24). The quantitative estimate of drug-likeness (QED) is 0.728. The molecule has 0 unspecified atom stereocenters. The topological polar surface area (TPSA) is 54.9 Å². The van der Waals surface area contributed by atoms with E-state index in [-0.39, 0.29) is 5.54 Å². The monoisotopic (exact) mass is 417 g/mol. The van der Waals surface area contributed by atoms with Gasteiger partial charge in [0.05, 0.1) is 26.3 Å². The number of hydrogen-bond donors (Lipinski definition) is 2. The van der Waals surface area contributed by atoms with Gasteiger partial charge in [-0.1, -0.05) is 23.7 Å². The zero-order chi connectivity index (χ0) is 19.6. The molecule has 28 heavy (non-hydrogen) atoms. The minimum Gasteiger partial charge on any atom is -0.495 e. The highest BCUT2D eigenvalue weighted by Crippen LogP contribution is 2.47. The van der Waals surface area contributed by atoms with Crippen molar-refractivity contribution < 1.29 is 9.47 Å². The molecular formula is C21H24ClN3O2S. The molecule has 4 rings (SSSR count). The molecule has 2 heterocycles. The van der Waals surface area contributed by atoms with E-state index >= 15 is 0 Å². The summed E-state index contributed by atoms with van der Waals surface area (Å²) in [4.78, 5) is 4.98. The Morgan fingerprint density at radius 1 is 1.07 bits per heavy atom. The van der Waals surface area contributed by atoms with Gasteiger partial charge in [-0.15, -0.1) is 0 Å². The minimum absolute atomic E-state index is 0.226. The van der Waals surface area contributed by atoms with Crippen molar-refractivity contribution in [2.24, 2.45) is 4.99 Å². The molecule has 0 bridgehead atoms. The van der Waals surface area contributed by atoms with Crippen LogP contribution in [0.5, 0.6) is 11.5 Å². The second-order valence-corrected chi connectivity index (χ2v) is 8.62. The Bertz CT molecular complexity index is 897. The van der Waals surface area contributed by atoms with E-state index in [0.717, 1.165) is 63.6 Å². The Morgan fingerprint density at radius 2 is 1.79 bits per heavy atom. The summed E-state index contributed by atoms with van der Waals surface area (Å²) in [5.41, 5.74) is 2.67. The van der Waals surface area contributed by atoms with Crippen molar-refractivity contribution in [1.82, 2.24) is 0 Å². The molecule has 2 aromatic rings.